The van der Waals surface area contributed by atoms with Gasteiger partial charge in [0.2, 0.25) is 0 Å². The van der Waals surface area contributed by atoms with Gasteiger partial charge >= 0.3 is 0 Å². The van der Waals surface area contributed by atoms with Crippen LogP contribution in [-0.4, -0.2) is 6.54 Å². The van der Waals surface area contributed by atoms with Crippen LogP contribution in [-0.2, 0) is 12.8 Å². The summed E-state index contributed by atoms with van der Waals surface area (Å²) in [6.45, 7) is 4.62. The zero-order chi connectivity index (χ0) is 8.67. The number of rotatable bonds is 0. The lowest BCUT2D eigenvalue weighted by molar-refractivity contribution is 0.686. The van der Waals surface area contributed by atoms with Gasteiger partial charge in [0.05, 0.1) is 6.54 Å². The lowest BCUT2D eigenvalue weighted by Gasteiger charge is -2.35. The van der Waals surface area contributed by atoms with Gasteiger partial charge in [0.1, 0.15) is 0 Å². The summed E-state index contributed by atoms with van der Waals surface area (Å²) in [6.07, 6.45) is 4.81. The molecule has 0 saturated heterocycles. The van der Waals surface area contributed by atoms with E-state index >= 15 is 0 Å². The SMILES string of the molecule is [C]1CCc2cccc3c2N1CCC3. The summed E-state index contributed by atoms with van der Waals surface area (Å²) in [4.78, 5) is 2.33. The minimum absolute atomic E-state index is 1.09. The van der Waals surface area contributed by atoms with Crippen LogP contribution in [0.15, 0.2) is 18.2 Å². The second-order valence-corrected chi connectivity index (χ2v) is 3.84. The Hall–Kier alpha value is -0.980. The van der Waals surface area contributed by atoms with Crippen LogP contribution in [0.5, 0.6) is 0 Å². The predicted octanol–water partition coefficient (Wildman–Crippen LogP) is 2.42. The largest absolute Gasteiger partial charge is 0.360 e. The van der Waals surface area contributed by atoms with Crippen LogP contribution in [0, 0.1) is 6.54 Å². The maximum absolute atomic E-state index is 3.45. The minimum Gasteiger partial charge on any atom is -0.360 e. The van der Waals surface area contributed by atoms with Crippen molar-refractivity contribution in [2.45, 2.75) is 25.7 Å². The van der Waals surface area contributed by atoms with Gasteiger partial charge in [-0.1, -0.05) is 18.2 Å². The van der Waals surface area contributed by atoms with Crippen molar-refractivity contribution < 1.29 is 0 Å². The molecular formula is C12H13N. The van der Waals surface area contributed by atoms with Gasteiger partial charge in [0.15, 0.2) is 0 Å². The van der Waals surface area contributed by atoms with E-state index in [2.05, 4.69) is 29.6 Å². The molecule has 1 aromatic carbocycles. The topological polar surface area (TPSA) is 3.24 Å². The lowest BCUT2D eigenvalue weighted by Crippen LogP contribution is -2.30. The summed E-state index contributed by atoms with van der Waals surface area (Å²) in [5.41, 5.74) is 4.52. The maximum Gasteiger partial charge on any atom is 0.0915 e. The molecule has 3 rings (SSSR count). The molecule has 2 aliphatic rings. The molecule has 1 nitrogen and oxygen atoms in total. The standard InChI is InChI=1S/C12H13N/c1-4-10-6-2-8-13-9-3-7-11(5-1)12(10)13/h1,4-5H,2-3,6-8H2. The Morgan fingerprint density at radius 3 is 2.92 bits per heavy atom. The fourth-order valence-electron chi connectivity index (χ4n) is 2.42. The molecule has 2 radical (unpaired) electrons. The molecule has 0 aromatic heterocycles. The van der Waals surface area contributed by atoms with Crippen molar-refractivity contribution in [3.63, 3.8) is 0 Å². The van der Waals surface area contributed by atoms with Gasteiger partial charge in [-0.15, -0.1) is 0 Å². The Kier molecular flexibility index (Phi) is 1.58. The van der Waals surface area contributed by atoms with Gasteiger partial charge in [0, 0.05) is 12.2 Å². The first-order chi connectivity index (χ1) is 6.45. The zero-order valence-electron chi connectivity index (χ0n) is 7.71. The van der Waals surface area contributed by atoms with Gasteiger partial charge in [-0.2, -0.15) is 0 Å². The second kappa shape index (κ2) is 2.76. The highest BCUT2D eigenvalue weighted by Gasteiger charge is 2.23. The Morgan fingerprint density at radius 2 is 2.00 bits per heavy atom. The Labute approximate surface area is 79.4 Å². The highest BCUT2D eigenvalue weighted by atomic mass is 15.1. The van der Waals surface area contributed by atoms with Crippen molar-refractivity contribution in [2.75, 3.05) is 11.4 Å². The van der Waals surface area contributed by atoms with Crippen LogP contribution < -0.4 is 4.90 Å². The molecule has 66 valence electrons. The first-order valence-corrected chi connectivity index (χ1v) is 5.07. The van der Waals surface area contributed by atoms with Gasteiger partial charge in [-0.3, -0.25) is 0 Å². The average molecular weight is 171 g/mol. The Morgan fingerprint density at radius 1 is 1.15 bits per heavy atom. The third kappa shape index (κ3) is 1.06. The first kappa shape index (κ1) is 7.43. The van der Waals surface area contributed by atoms with E-state index in [-0.39, 0.29) is 0 Å². The molecule has 0 bridgehead atoms. The van der Waals surface area contributed by atoms with E-state index in [0.717, 1.165) is 6.42 Å². The molecule has 2 heterocycles. The minimum atomic E-state index is 1.09. The summed E-state index contributed by atoms with van der Waals surface area (Å²) >= 11 is 0. The van der Waals surface area contributed by atoms with Gasteiger partial charge in [-0.05, 0) is 36.8 Å². The lowest BCUT2D eigenvalue weighted by atomic mass is 9.92. The van der Waals surface area contributed by atoms with Crippen LogP contribution in [0.3, 0.4) is 0 Å². The normalized spacial score (nSPS) is 19.8. The third-order valence-electron chi connectivity index (χ3n) is 3.00. The summed E-state index contributed by atoms with van der Waals surface area (Å²) in [7, 11) is 0. The maximum atomic E-state index is 3.45. The molecule has 0 spiro atoms. The van der Waals surface area contributed by atoms with Gasteiger partial charge < -0.3 is 4.90 Å². The van der Waals surface area contributed by atoms with E-state index < -0.39 is 0 Å². The number of aryl methyl sites for hydroxylation is 2. The zero-order valence-corrected chi connectivity index (χ0v) is 7.71. The molecule has 2 aliphatic heterocycles. The first-order valence-electron chi connectivity index (χ1n) is 5.07. The van der Waals surface area contributed by atoms with E-state index in [9.17, 15) is 0 Å². The van der Waals surface area contributed by atoms with Crippen molar-refractivity contribution in [2.24, 2.45) is 0 Å². The molecule has 1 aromatic rings. The summed E-state index contributed by atoms with van der Waals surface area (Å²) in [6, 6.07) is 6.72. The fourth-order valence-corrected chi connectivity index (χ4v) is 2.42. The number of hydrogen-bond donors (Lipinski definition) is 0. The van der Waals surface area contributed by atoms with E-state index in [1.54, 1.807) is 0 Å². The van der Waals surface area contributed by atoms with Crippen LogP contribution in [0.1, 0.15) is 24.0 Å². The highest BCUT2D eigenvalue weighted by Crippen LogP contribution is 2.35. The van der Waals surface area contributed by atoms with Crippen molar-refractivity contribution in [1.29, 1.82) is 0 Å². The Balaban J connectivity index is 2.18. The smallest absolute Gasteiger partial charge is 0.0915 e. The monoisotopic (exact) mass is 171 g/mol. The van der Waals surface area contributed by atoms with E-state index in [1.165, 1.54) is 42.6 Å². The molecule has 13 heavy (non-hydrogen) atoms. The van der Waals surface area contributed by atoms with Crippen LogP contribution in [0.2, 0.25) is 0 Å². The van der Waals surface area contributed by atoms with Crippen molar-refractivity contribution in [3.8, 4) is 0 Å². The van der Waals surface area contributed by atoms with Crippen LogP contribution in [0.25, 0.3) is 0 Å². The van der Waals surface area contributed by atoms with Crippen LogP contribution >= 0.6 is 0 Å². The number of benzene rings is 1. The molecule has 0 fully saturated rings. The van der Waals surface area contributed by atoms with E-state index in [1.807, 2.05) is 0 Å². The molecule has 0 aliphatic carbocycles. The van der Waals surface area contributed by atoms with E-state index in [4.69, 9.17) is 0 Å². The van der Waals surface area contributed by atoms with E-state index in [0.29, 0.717) is 0 Å². The predicted molar refractivity (Wildman–Crippen MR) is 53.7 cm³/mol. The molecular weight excluding hydrogens is 158 g/mol. The van der Waals surface area contributed by atoms with Crippen molar-refractivity contribution >= 4 is 5.69 Å². The highest BCUT2D eigenvalue weighted by molar-refractivity contribution is 5.64. The number of nitrogens with zero attached hydrogens (tertiary/aromatic N) is 1. The van der Waals surface area contributed by atoms with Crippen LogP contribution in [0.4, 0.5) is 5.69 Å². The number of hydrogen-bond acceptors (Lipinski definition) is 1. The summed E-state index contributed by atoms with van der Waals surface area (Å²) in [5, 5.41) is 0. The van der Waals surface area contributed by atoms with Gasteiger partial charge in [0.25, 0.3) is 0 Å². The summed E-state index contributed by atoms with van der Waals surface area (Å²) in [5.74, 6) is 0. The molecule has 0 saturated carbocycles. The molecule has 0 unspecified atom stereocenters. The second-order valence-electron chi connectivity index (χ2n) is 3.84. The van der Waals surface area contributed by atoms with Gasteiger partial charge in [-0.25, -0.2) is 0 Å². The quantitative estimate of drug-likeness (QED) is 0.579. The van der Waals surface area contributed by atoms with Crippen molar-refractivity contribution in [3.05, 3.63) is 35.9 Å². The average Bonchev–Trinajstić information content (AvgIpc) is 2.19. The molecule has 0 amide bonds. The molecule has 1 heteroatoms. The molecule has 0 N–H and O–H groups in total. The Bertz CT molecular complexity index is 302. The number of para-hydroxylation sites is 1. The number of anilines is 1. The summed E-state index contributed by atoms with van der Waals surface area (Å²) < 4.78 is 0. The fraction of sp³-hybridized carbons (Fsp3) is 0.417. The molecule has 0 atom stereocenters. The third-order valence-corrected chi connectivity index (χ3v) is 3.00. The van der Waals surface area contributed by atoms with Crippen molar-refractivity contribution in [1.82, 2.24) is 0 Å².